The first-order chi connectivity index (χ1) is 16.0. The quantitative estimate of drug-likeness (QED) is 0.252. The fourth-order valence-corrected chi connectivity index (χ4v) is 3.29. The lowest BCUT2D eigenvalue weighted by atomic mass is 10.2. The highest BCUT2D eigenvalue weighted by Crippen LogP contribution is 2.37. The number of nitro groups is 1. The summed E-state index contributed by atoms with van der Waals surface area (Å²) in [4.78, 5) is 31.0. The van der Waals surface area contributed by atoms with Gasteiger partial charge in [-0.3, -0.25) is 14.9 Å². The van der Waals surface area contributed by atoms with Gasteiger partial charge in [-0.25, -0.2) is 10.4 Å². The number of nitro benzene ring substituents is 1. The molecule has 166 valence electrons. The summed E-state index contributed by atoms with van der Waals surface area (Å²) in [5, 5.41) is 15.2. The molecule has 10 heteroatoms. The van der Waals surface area contributed by atoms with Crippen molar-refractivity contribution in [2.24, 2.45) is 5.10 Å². The lowest BCUT2D eigenvalue weighted by molar-refractivity contribution is -0.385. The first-order valence-corrected chi connectivity index (χ1v) is 9.79. The molecule has 0 radical (unpaired) electrons. The van der Waals surface area contributed by atoms with Gasteiger partial charge in [0.2, 0.25) is 5.75 Å². The van der Waals surface area contributed by atoms with E-state index in [4.69, 9.17) is 9.47 Å². The minimum atomic E-state index is -0.583. The maximum atomic E-state index is 12.5. The Morgan fingerprint density at radius 2 is 1.91 bits per heavy atom. The fourth-order valence-electron chi connectivity index (χ4n) is 3.29. The molecule has 1 aromatic heterocycles. The number of methoxy groups -OCH3 is 2. The van der Waals surface area contributed by atoms with Crippen LogP contribution >= 0.6 is 0 Å². The number of carbonyl (C=O) groups excluding carboxylic acids is 1. The van der Waals surface area contributed by atoms with Crippen LogP contribution in [0.5, 0.6) is 11.5 Å². The average molecular weight is 445 g/mol. The number of nitrogens with one attached hydrogen (secondary N) is 2. The molecule has 4 aromatic rings. The van der Waals surface area contributed by atoms with E-state index in [-0.39, 0.29) is 17.2 Å². The highest BCUT2D eigenvalue weighted by molar-refractivity contribution is 5.98. The predicted octanol–water partition coefficient (Wildman–Crippen LogP) is 3.92. The van der Waals surface area contributed by atoms with Crippen LogP contribution in [0.2, 0.25) is 0 Å². The van der Waals surface area contributed by atoms with Gasteiger partial charge in [0.15, 0.2) is 5.75 Å². The van der Waals surface area contributed by atoms with Crippen molar-refractivity contribution in [3.05, 3.63) is 81.9 Å². The molecular weight excluding hydrogens is 426 g/mol. The first kappa shape index (κ1) is 21.5. The van der Waals surface area contributed by atoms with Crippen molar-refractivity contribution in [3.8, 4) is 22.9 Å². The lowest BCUT2D eigenvalue weighted by Crippen LogP contribution is -2.17. The molecule has 0 spiro atoms. The molecule has 0 unspecified atom stereocenters. The number of H-pyrrole nitrogens is 1. The number of fused-ring (bicyclic) bond motifs is 1. The van der Waals surface area contributed by atoms with Gasteiger partial charge in [0, 0.05) is 22.8 Å². The maximum Gasteiger partial charge on any atom is 0.315 e. The minimum absolute atomic E-state index is 0.00594. The number of imidazole rings is 1. The van der Waals surface area contributed by atoms with Gasteiger partial charge >= 0.3 is 5.69 Å². The molecule has 1 amide bonds. The molecule has 4 rings (SSSR count). The van der Waals surface area contributed by atoms with Crippen molar-refractivity contribution in [1.82, 2.24) is 15.4 Å². The van der Waals surface area contributed by atoms with Crippen LogP contribution in [0.15, 0.2) is 65.8 Å². The molecule has 33 heavy (non-hydrogen) atoms. The zero-order chi connectivity index (χ0) is 23.4. The third-order valence-corrected chi connectivity index (χ3v) is 4.85. The van der Waals surface area contributed by atoms with E-state index in [0.29, 0.717) is 22.5 Å². The molecule has 0 atom stereocenters. The van der Waals surface area contributed by atoms with Crippen LogP contribution in [0, 0.1) is 10.1 Å². The summed E-state index contributed by atoms with van der Waals surface area (Å²) in [5.41, 5.74) is 5.25. The molecular formula is C23H19N5O5. The zero-order valence-electron chi connectivity index (χ0n) is 17.7. The standard InChI is InChI=1S/C23H19N5O5/c1-32-20-11-14(10-19(28(30)31)21(20)33-2)13-24-27-23(29)16-8-9-17-18(12-16)26-22(25-17)15-6-4-3-5-7-15/h3-13H,1-2H3,(H,25,26)(H,27,29)/b24-13+. The van der Waals surface area contributed by atoms with Crippen LogP contribution in [-0.2, 0) is 0 Å². The van der Waals surface area contributed by atoms with E-state index in [1.165, 1.54) is 32.6 Å². The summed E-state index contributed by atoms with van der Waals surface area (Å²) in [7, 11) is 2.69. The molecule has 10 nitrogen and oxygen atoms in total. The van der Waals surface area contributed by atoms with Crippen LogP contribution in [0.4, 0.5) is 5.69 Å². The summed E-state index contributed by atoms with van der Waals surface area (Å²) >= 11 is 0. The Hall–Kier alpha value is -4.73. The Morgan fingerprint density at radius 1 is 1.12 bits per heavy atom. The number of aromatic amines is 1. The second kappa shape index (κ2) is 9.18. The largest absolute Gasteiger partial charge is 0.493 e. The Bertz CT molecular complexity index is 1360. The van der Waals surface area contributed by atoms with Crippen LogP contribution < -0.4 is 14.9 Å². The SMILES string of the molecule is COc1cc(/C=N/NC(=O)c2ccc3nc(-c4ccccc4)[nH]c3c2)cc([N+](=O)[O-])c1OC. The monoisotopic (exact) mass is 445 g/mol. The van der Waals surface area contributed by atoms with Gasteiger partial charge in [0.1, 0.15) is 5.82 Å². The Balaban J connectivity index is 1.53. The summed E-state index contributed by atoms with van der Waals surface area (Å²) in [5.74, 6) is 0.444. The van der Waals surface area contributed by atoms with Gasteiger partial charge in [-0.05, 0) is 24.3 Å². The lowest BCUT2D eigenvalue weighted by Gasteiger charge is -2.08. The number of carbonyl (C=O) groups is 1. The Kier molecular flexibility index (Phi) is 5.98. The second-order valence-corrected chi connectivity index (χ2v) is 6.92. The van der Waals surface area contributed by atoms with E-state index in [1.54, 1.807) is 18.2 Å². The van der Waals surface area contributed by atoms with E-state index >= 15 is 0 Å². The number of aromatic nitrogens is 2. The van der Waals surface area contributed by atoms with Crippen molar-refractivity contribution < 1.29 is 19.2 Å². The molecule has 2 N–H and O–H groups in total. The van der Waals surface area contributed by atoms with Crippen molar-refractivity contribution in [2.75, 3.05) is 14.2 Å². The van der Waals surface area contributed by atoms with Crippen LogP contribution in [-0.4, -0.2) is 41.2 Å². The first-order valence-electron chi connectivity index (χ1n) is 9.79. The predicted molar refractivity (Wildman–Crippen MR) is 123 cm³/mol. The molecule has 0 saturated heterocycles. The molecule has 0 aliphatic rings. The molecule has 3 aromatic carbocycles. The summed E-state index contributed by atoms with van der Waals surface area (Å²) in [6.07, 6.45) is 1.29. The van der Waals surface area contributed by atoms with Crippen LogP contribution in [0.25, 0.3) is 22.4 Å². The van der Waals surface area contributed by atoms with E-state index in [2.05, 4.69) is 20.5 Å². The second-order valence-electron chi connectivity index (χ2n) is 6.92. The topological polar surface area (TPSA) is 132 Å². The zero-order valence-corrected chi connectivity index (χ0v) is 17.7. The van der Waals surface area contributed by atoms with Gasteiger partial charge < -0.3 is 14.5 Å². The third kappa shape index (κ3) is 4.49. The highest BCUT2D eigenvalue weighted by atomic mass is 16.6. The average Bonchev–Trinajstić information content (AvgIpc) is 3.27. The van der Waals surface area contributed by atoms with Gasteiger partial charge in [-0.15, -0.1) is 0 Å². The van der Waals surface area contributed by atoms with Crippen molar-refractivity contribution in [3.63, 3.8) is 0 Å². The number of amides is 1. The van der Waals surface area contributed by atoms with Gasteiger partial charge in [0.25, 0.3) is 5.91 Å². The molecule has 0 aliphatic heterocycles. The summed E-state index contributed by atoms with van der Waals surface area (Å²) in [6, 6.07) is 17.5. The number of rotatable bonds is 7. The number of hydrazone groups is 1. The molecule has 0 fully saturated rings. The maximum absolute atomic E-state index is 12.5. The van der Waals surface area contributed by atoms with Crippen molar-refractivity contribution >= 4 is 28.8 Å². The third-order valence-electron chi connectivity index (χ3n) is 4.85. The van der Waals surface area contributed by atoms with Gasteiger partial charge in [-0.2, -0.15) is 5.10 Å². The fraction of sp³-hybridized carbons (Fsp3) is 0.0870. The number of hydrogen-bond donors (Lipinski definition) is 2. The van der Waals surface area contributed by atoms with E-state index in [9.17, 15) is 14.9 Å². The smallest absolute Gasteiger partial charge is 0.315 e. The number of ether oxygens (including phenoxy) is 2. The van der Waals surface area contributed by atoms with Gasteiger partial charge in [0.05, 0.1) is 36.4 Å². The van der Waals surface area contributed by atoms with E-state index in [0.717, 1.165) is 11.1 Å². The summed E-state index contributed by atoms with van der Waals surface area (Å²) in [6.45, 7) is 0. The van der Waals surface area contributed by atoms with Gasteiger partial charge in [-0.1, -0.05) is 30.3 Å². The molecule has 0 bridgehead atoms. The van der Waals surface area contributed by atoms with E-state index in [1.807, 2.05) is 30.3 Å². The number of benzene rings is 3. The molecule has 0 saturated carbocycles. The van der Waals surface area contributed by atoms with Crippen molar-refractivity contribution in [2.45, 2.75) is 0 Å². The summed E-state index contributed by atoms with van der Waals surface area (Å²) < 4.78 is 10.2. The minimum Gasteiger partial charge on any atom is -0.493 e. The Morgan fingerprint density at radius 3 is 2.61 bits per heavy atom. The Labute approximate surface area is 188 Å². The number of hydrogen-bond acceptors (Lipinski definition) is 7. The van der Waals surface area contributed by atoms with Crippen molar-refractivity contribution in [1.29, 1.82) is 0 Å². The highest BCUT2D eigenvalue weighted by Gasteiger charge is 2.21. The normalized spacial score (nSPS) is 11.0. The van der Waals surface area contributed by atoms with Crippen LogP contribution in [0.1, 0.15) is 15.9 Å². The molecule has 0 aliphatic carbocycles. The molecule has 1 heterocycles. The van der Waals surface area contributed by atoms with Crippen LogP contribution in [0.3, 0.4) is 0 Å². The van der Waals surface area contributed by atoms with E-state index < -0.39 is 10.8 Å². The number of nitrogens with zero attached hydrogens (tertiary/aromatic N) is 3.